The number of benzene rings is 1. The average Bonchev–Trinajstić information content (AvgIpc) is 2.84. The Labute approximate surface area is 197 Å². The van der Waals surface area contributed by atoms with Gasteiger partial charge < -0.3 is 26.6 Å². The van der Waals surface area contributed by atoms with Crippen LogP contribution in [0.4, 0.5) is 5.69 Å². The van der Waals surface area contributed by atoms with Crippen LogP contribution in [0.2, 0.25) is 0 Å². The Morgan fingerprint density at radius 1 is 0.625 bits per heavy atom. The van der Waals surface area contributed by atoms with Crippen molar-refractivity contribution >= 4 is 5.69 Å². The van der Waals surface area contributed by atoms with Gasteiger partial charge >= 0.3 is 0 Å². The molecule has 0 atom stereocenters. The molecule has 5 heteroatoms. The Morgan fingerprint density at radius 2 is 1.09 bits per heavy atom. The van der Waals surface area contributed by atoms with Gasteiger partial charge in [-0.3, -0.25) is 0 Å². The van der Waals surface area contributed by atoms with E-state index in [1.165, 1.54) is 93.9 Å². The summed E-state index contributed by atoms with van der Waals surface area (Å²) in [6, 6.07) is 8.43. The molecule has 0 aromatic heterocycles. The highest BCUT2D eigenvalue weighted by atomic mass is 14.9. The average molecular weight is 444 g/mol. The molecule has 0 unspecified atom stereocenters. The summed E-state index contributed by atoms with van der Waals surface area (Å²) < 4.78 is 0. The van der Waals surface area contributed by atoms with Gasteiger partial charge in [0.15, 0.2) is 0 Å². The van der Waals surface area contributed by atoms with Crippen LogP contribution < -0.4 is 26.6 Å². The van der Waals surface area contributed by atoms with Gasteiger partial charge in [-0.25, -0.2) is 0 Å². The van der Waals surface area contributed by atoms with Crippen LogP contribution in [0.3, 0.4) is 0 Å². The molecule has 0 aliphatic heterocycles. The van der Waals surface area contributed by atoms with Crippen molar-refractivity contribution in [1.29, 1.82) is 0 Å². The van der Waals surface area contributed by atoms with Crippen molar-refractivity contribution in [3.63, 3.8) is 0 Å². The fourth-order valence-electron chi connectivity index (χ4n) is 5.23. The van der Waals surface area contributed by atoms with E-state index in [2.05, 4.69) is 44.8 Å². The van der Waals surface area contributed by atoms with E-state index in [1.54, 1.807) is 0 Å². The predicted molar refractivity (Wildman–Crippen MR) is 138 cm³/mol. The maximum absolute atomic E-state index is 3.74. The highest BCUT2D eigenvalue weighted by molar-refractivity contribution is 5.48. The number of anilines is 1. The second kappa shape index (κ2) is 15.7. The van der Waals surface area contributed by atoms with E-state index in [0.29, 0.717) is 0 Å². The summed E-state index contributed by atoms with van der Waals surface area (Å²) in [7, 11) is 2.01. The molecule has 0 heterocycles. The molecule has 3 rings (SSSR count). The number of hydrogen-bond donors (Lipinski definition) is 5. The van der Waals surface area contributed by atoms with E-state index in [4.69, 9.17) is 0 Å². The summed E-state index contributed by atoms with van der Waals surface area (Å²) >= 11 is 0. The molecule has 0 spiro atoms. The summed E-state index contributed by atoms with van der Waals surface area (Å²) in [4.78, 5) is 0. The van der Waals surface area contributed by atoms with E-state index >= 15 is 0 Å². The fourth-order valence-corrected chi connectivity index (χ4v) is 5.23. The van der Waals surface area contributed by atoms with E-state index in [0.717, 1.165) is 51.4 Å². The standard InChI is InChI=1S/C27H49N5/c1-28-27-19-23(21-29-14-8-16-31-25-10-4-2-5-11-25)18-24(20-27)22-30-15-9-17-32-26-12-6-3-7-13-26/h18-20,25-26,28-32H,2-17,21-22H2,1H3. The summed E-state index contributed by atoms with van der Waals surface area (Å²) in [5, 5.41) is 18.1. The van der Waals surface area contributed by atoms with Crippen molar-refractivity contribution in [2.45, 2.75) is 102 Å². The molecule has 2 aliphatic carbocycles. The van der Waals surface area contributed by atoms with Crippen LogP contribution in [0, 0.1) is 0 Å². The molecule has 182 valence electrons. The second-order valence-corrected chi connectivity index (χ2v) is 9.93. The molecule has 2 saturated carbocycles. The first-order valence-corrected chi connectivity index (χ1v) is 13.5. The zero-order valence-electron chi connectivity index (χ0n) is 20.6. The van der Waals surface area contributed by atoms with Crippen LogP contribution in [-0.2, 0) is 13.1 Å². The first-order valence-electron chi connectivity index (χ1n) is 13.5. The van der Waals surface area contributed by atoms with Gasteiger partial charge in [0.1, 0.15) is 0 Å². The minimum atomic E-state index is 0.772. The number of nitrogens with one attached hydrogen (secondary N) is 5. The molecule has 5 N–H and O–H groups in total. The van der Waals surface area contributed by atoms with Gasteiger partial charge in [0.05, 0.1) is 0 Å². The minimum Gasteiger partial charge on any atom is -0.388 e. The van der Waals surface area contributed by atoms with E-state index in [1.807, 2.05) is 7.05 Å². The van der Waals surface area contributed by atoms with E-state index < -0.39 is 0 Å². The lowest BCUT2D eigenvalue weighted by molar-refractivity contribution is 0.371. The quantitative estimate of drug-likeness (QED) is 0.258. The van der Waals surface area contributed by atoms with Crippen LogP contribution in [-0.4, -0.2) is 45.3 Å². The smallest absolute Gasteiger partial charge is 0.0344 e. The first-order chi connectivity index (χ1) is 15.8. The van der Waals surface area contributed by atoms with Crippen LogP contribution in [0.5, 0.6) is 0 Å². The Bertz CT molecular complexity index is 560. The third-order valence-corrected chi connectivity index (χ3v) is 7.14. The van der Waals surface area contributed by atoms with Gasteiger partial charge in [-0.2, -0.15) is 0 Å². The summed E-state index contributed by atoms with van der Waals surface area (Å²) in [6.45, 7) is 6.31. The van der Waals surface area contributed by atoms with Gasteiger partial charge in [0.2, 0.25) is 0 Å². The van der Waals surface area contributed by atoms with Gasteiger partial charge in [-0.15, -0.1) is 0 Å². The fraction of sp³-hybridized carbons (Fsp3) is 0.778. The first kappa shape index (κ1) is 25.5. The van der Waals surface area contributed by atoms with Crippen molar-refractivity contribution in [2.75, 3.05) is 38.5 Å². The Hall–Kier alpha value is -1.14. The van der Waals surface area contributed by atoms with Gasteiger partial charge in [-0.05, 0) is 88.0 Å². The molecule has 0 bridgehead atoms. The minimum absolute atomic E-state index is 0.772. The molecular formula is C27H49N5. The molecule has 0 amide bonds. The largest absolute Gasteiger partial charge is 0.388 e. The molecular weight excluding hydrogens is 394 g/mol. The maximum Gasteiger partial charge on any atom is 0.0344 e. The van der Waals surface area contributed by atoms with Crippen molar-refractivity contribution < 1.29 is 0 Å². The lowest BCUT2D eigenvalue weighted by atomic mass is 9.95. The highest BCUT2D eigenvalue weighted by Gasteiger charge is 2.12. The van der Waals surface area contributed by atoms with Crippen molar-refractivity contribution in [3.05, 3.63) is 29.3 Å². The van der Waals surface area contributed by atoms with Crippen molar-refractivity contribution in [3.8, 4) is 0 Å². The second-order valence-electron chi connectivity index (χ2n) is 9.93. The van der Waals surface area contributed by atoms with Crippen LogP contribution >= 0.6 is 0 Å². The molecule has 1 aromatic carbocycles. The van der Waals surface area contributed by atoms with Crippen molar-refractivity contribution in [1.82, 2.24) is 21.3 Å². The van der Waals surface area contributed by atoms with Gasteiger partial charge in [0, 0.05) is 37.9 Å². The molecule has 5 nitrogen and oxygen atoms in total. The molecule has 2 fully saturated rings. The zero-order valence-corrected chi connectivity index (χ0v) is 20.6. The summed E-state index contributed by atoms with van der Waals surface area (Å²) in [6.07, 6.45) is 16.4. The van der Waals surface area contributed by atoms with Crippen molar-refractivity contribution in [2.24, 2.45) is 0 Å². The SMILES string of the molecule is CNc1cc(CNCCCNC2CCCCC2)cc(CNCCCNC2CCCCC2)c1. The summed E-state index contributed by atoms with van der Waals surface area (Å²) in [5.74, 6) is 0. The third kappa shape index (κ3) is 10.2. The van der Waals surface area contributed by atoms with E-state index in [-0.39, 0.29) is 0 Å². The lowest BCUT2D eigenvalue weighted by Gasteiger charge is -2.22. The Kier molecular flexibility index (Phi) is 12.5. The topological polar surface area (TPSA) is 60.1 Å². The summed E-state index contributed by atoms with van der Waals surface area (Å²) in [5.41, 5.74) is 3.94. The van der Waals surface area contributed by atoms with Crippen LogP contribution in [0.15, 0.2) is 18.2 Å². The third-order valence-electron chi connectivity index (χ3n) is 7.14. The molecule has 2 aliphatic rings. The maximum atomic E-state index is 3.74. The zero-order chi connectivity index (χ0) is 22.3. The van der Waals surface area contributed by atoms with Gasteiger partial charge in [0.25, 0.3) is 0 Å². The normalized spacial score (nSPS) is 18.2. The monoisotopic (exact) mass is 443 g/mol. The van der Waals surface area contributed by atoms with Crippen LogP contribution in [0.1, 0.15) is 88.2 Å². The molecule has 0 radical (unpaired) electrons. The number of rotatable bonds is 15. The Balaban J connectivity index is 1.27. The lowest BCUT2D eigenvalue weighted by Crippen LogP contribution is -2.33. The predicted octanol–water partition coefficient (Wildman–Crippen LogP) is 4.53. The molecule has 0 saturated heterocycles. The van der Waals surface area contributed by atoms with Crippen LogP contribution in [0.25, 0.3) is 0 Å². The molecule has 1 aromatic rings. The highest BCUT2D eigenvalue weighted by Crippen LogP contribution is 2.18. The molecule has 32 heavy (non-hydrogen) atoms. The Morgan fingerprint density at radius 3 is 1.53 bits per heavy atom. The number of hydrogen-bond acceptors (Lipinski definition) is 5. The van der Waals surface area contributed by atoms with Gasteiger partial charge in [-0.1, -0.05) is 44.6 Å². The van der Waals surface area contributed by atoms with E-state index in [9.17, 15) is 0 Å².